The highest BCUT2D eigenvalue weighted by Crippen LogP contribution is 2.23. The van der Waals surface area contributed by atoms with Crippen molar-refractivity contribution in [3.05, 3.63) is 23.8 Å². The number of benzene rings is 1. The molecule has 0 atom stereocenters. The lowest BCUT2D eigenvalue weighted by molar-refractivity contribution is -0.906. The Labute approximate surface area is 163 Å². The fourth-order valence-electron chi connectivity index (χ4n) is 2.74. The van der Waals surface area contributed by atoms with Gasteiger partial charge in [0.05, 0.1) is 31.9 Å². The van der Waals surface area contributed by atoms with Crippen molar-refractivity contribution in [3.8, 4) is 0 Å². The number of hydrogen-bond donors (Lipinski definition) is 3. The Morgan fingerprint density at radius 3 is 2.58 bits per heavy atom. The SMILES string of the molecule is CN(C)c1ccc(NC(=O)C(Cl)Cl)cc1C(=O)NCC[NH+]1CCOCC1. The lowest BCUT2D eigenvalue weighted by atomic mass is 10.1. The molecule has 9 heteroatoms. The van der Waals surface area contributed by atoms with Crippen LogP contribution in [-0.2, 0) is 9.53 Å². The first-order chi connectivity index (χ1) is 12.4. The predicted molar refractivity (Wildman–Crippen MR) is 104 cm³/mol. The van der Waals surface area contributed by atoms with Gasteiger partial charge < -0.3 is 25.2 Å². The number of halogens is 2. The van der Waals surface area contributed by atoms with Gasteiger partial charge in [-0.2, -0.15) is 0 Å². The van der Waals surface area contributed by atoms with E-state index in [0.29, 0.717) is 17.8 Å². The van der Waals surface area contributed by atoms with Crippen LogP contribution in [0.25, 0.3) is 0 Å². The minimum atomic E-state index is -1.17. The van der Waals surface area contributed by atoms with Crippen LogP contribution in [0.5, 0.6) is 0 Å². The molecule has 1 aromatic rings. The van der Waals surface area contributed by atoms with Gasteiger partial charge in [-0.3, -0.25) is 9.59 Å². The lowest BCUT2D eigenvalue weighted by Gasteiger charge is -2.24. The molecule has 7 nitrogen and oxygen atoms in total. The molecule has 1 heterocycles. The van der Waals surface area contributed by atoms with E-state index in [9.17, 15) is 9.59 Å². The average Bonchev–Trinajstić information content (AvgIpc) is 2.62. The van der Waals surface area contributed by atoms with Crippen LogP contribution >= 0.6 is 23.2 Å². The number of amides is 2. The summed E-state index contributed by atoms with van der Waals surface area (Å²) in [4.78, 5) is 26.4. The zero-order valence-electron chi connectivity index (χ0n) is 15.0. The van der Waals surface area contributed by atoms with Gasteiger partial charge in [0.2, 0.25) is 0 Å². The first-order valence-electron chi connectivity index (χ1n) is 8.48. The van der Waals surface area contributed by atoms with Crippen LogP contribution < -0.4 is 20.4 Å². The highest BCUT2D eigenvalue weighted by atomic mass is 35.5. The summed E-state index contributed by atoms with van der Waals surface area (Å²) in [7, 11) is 3.71. The summed E-state index contributed by atoms with van der Waals surface area (Å²) in [6.07, 6.45) is 0. The molecule has 1 aromatic carbocycles. The quantitative estimate of drug-likeness (QED) is 0.566. The molecule has 0 spiro atoms. The summed E-state index contributed by atoms with van der Waals surface area (Å²) in [5.41, 5.74) is 1.70. The number of ether oxygens (including phenoxy) is 1. The van der Waals surface area contributed by atoms with Gasteiger partial charge in [-0.15, -0.1) is 0 Å². The molecule has 26 heavy (non-hydrogen) atoms. The second-order valence-electron chi connectivity index (χ2n) is 6.28. The zero-order chi connectivity index (χ0) is 19.1. The lowest BCUT2D eigenvalue weighted by Crippen LogP contribution is -3.14. The molecule has 1 saturated heterocycles. The fraction of sp³-hybridized carbons (Fsp3) is 0.529. The van der Waals surface area contributed by atoms with Crippen molar-refractivity contribution in [1.29, 1.82) is 0 Å². The second kappa shape index (κ2) is 9.97. The number of nitrogens with one attached hydrogen (secondary N) is 3. The Morgan fingerprint density at radius 2 is 1.96 bits per heavy atom. The van der Waals surface area contributed by atoms with Crippen LogP contribution in [0, 0.1) is 0 Å². The normalized spacial score (nSPS) is 15.0. The van der Waals surface area contributed by atoms with Crippen LogP contribution in [0.1, 0.15) is 10.4 Å². The second-order valence-corrected chi connectivity index (χ2v) is 7.38. The number of carbonyl (C=O) groups is 2. The number of quaternary nitrogens is 1. The van der Waals surface area contributed by atoms with Gasteiger partial charge in [0.25, 0.3) is 11.8 Å². The minimum Gasteiger partial charge on any atom is -0.377 e. The van der Waals surface area contributed by atoms with E-state index >= 15 is 0 Å². The molecule has 0 aliphatic carbocycles. The van der Waals surface area contributed by atoms with Crippen molar-refractivity contribution in [2.75, 3.05) is 63.7 Å². The Bertz CT molecular complexity index is 634. The smallest absolute Gasteiger partial charge is 0.257 e. The van der Waals surface area contributed by atoms with Crippen molar-refractivity contribution in [2.24, 2.45) is 0 Å². The molecule has 2 rings (SSSR count). The van der Waals surface area contributed by atoms with Gasteiger partial charge in [0.15, 0.2) is 4.84 Å². The molecule has 0 saturated carbocycles. The molecule has 0 radical (unpaired) electrons. The third kappa shape index (κ3) is 6.02. The first kappa shape index (κ1) is 20.8. The van der Waals surface area contributed by atoms with Crippen molar-refractivity contribution in [1.82, 2.24) is 5.32 Å². The van der Waals surface area contributed by atoms with Gasteiger partial charge in [-0.25, -0.2) is 0 Å². The summed E-state index contributed by atoms with van der Waals surface area (Å²) < 4.78 is 5.33. The summed E-state index contributed by atoms with van der Waals surface area (Å²) in [5, 5.41) is 5.54. The Balaban J connectivity index is 2.03. The monoisotopic (exact) mass is 403 g/mol. The van der Waals surface area contributed by atoms with Crippen LogP contribution in [0.2, 0.25) is 0 Å². The average molecular weight is 404 g/mol. The van der Waals surface area contributed by atoms with E-state index in [4.69, 9.17) is 27.9 Å². The number of rotatable bonds is 7. The summed E-state index contributed by atoms with van der Waals surface area (Å²) in [6, 6.07) is 5.10. The minimum absolute atomic E-state index is 0.189. The van der Waals surface area contributed by atoms with Crippen molar-refractivity contribution in [2.45, 2.75) is 4.84 Å². The molecule has 2 amide bonds. The largest absolute Gasteiger partial charge is 0.377 e. The highest BCUT2D eigenvalue weighted by molar-refractivity contribution is 6.54. The van der Waals surface area contributed by atoms with Gasteiger partial charge in [-0.05, 0) is 18.2 Å². The predicted octanol–water partition coefficient (Wildman–Crippen LogP) is 0.140. The molecule has 144 valence electrons. The Morgan fingerprint density at radius 1 is 1.27 bits per heavy atom. The molecule has 0 aromatic heterocycles. The maximum absolute atomic E-state index is 12.6. The summed E-state index contributed by atoms with van der Waals surface area (Å²) in [6.45, 7) is 4.86. The number of alkyl halides is 2. The molecular formula is C17H25Cl2N4O3+. The van der Waals surface area contributed by atoms with Crippen molar-refractivity contribution >= 4 is 46.4 Å². The number of hydrogen-bond acceptors (Lipinski definition) is 4. The van der Waals surface area contributed by atoms with Gasteiger partial charge in [0.1, 0.15) is 13.1 Å². The van der Waals surface area contributed by atoms with Crippen LogP contribution in [0.4, 0.5) is 11.4 Å². The van der Waals surface area contributed by atoms with E-state index < -0.39 is 10.7 Å². The van der Waals surface area contributed by atoms with Gasteiger partial charge in [-0.1, -0.05) is 23.2 Å². The molecule has 3 N–H and O–H groups in total. The van der Waals surface area contributed by atoms with E-state index in [2.05, 4.69) is 10.6 Å². The summed E-state index contributed by atoms with van der Waals surface area (Å²) in [5.74, 6) is -0.723. The number of morpholine rings is 1. The van der Waals surface area contributed by atoms with Crippen LogP contribution in [-0.4, -0.2) is 70.1 Å². The maximum atomic E-state index is 12.6. The third-order valence-electron chi connectivity index (χ3n) is 4.15. The molecule has 1 aliphatic heterocycles. The summed E-state index contributed by atoms with van der Waals surface area (Å²) >= 11 is 11.1. The Hall–Kier alpha value is -1.54. The molecule has 0 bridgehead atoms. The number of carbonyl (C=O) groups excluding carboxylic acids is 2. The highest BCUT2D eigenvalue weighted by Gasteiger charge is 2.18. The van der Waals surface area contributed by atoms with E-state index in [1.165, 1.54) is 4.90 Å². The fourth-order valence-corrected chi connectivity index (χ4v) is 2.85. The number of nitrogens with zero attached hydrogens (tertiary/aromatic N) is 1. The van der Waals surface area contributed by atoms with E-state index in [1.807, 2.05) is 19.0 Å². The molecule has 0 unspecified atom stereocenters. The topological polar surface area (TPSA) is 75.1 Å². The third-order valence-corrected chi connectivity index (χ3v) is 4.55. The molecule has 1 fully saturated rings. The molecule has 1 aliphatic rings. The molecular weight excluding hydrogens is 379 g/mol. The van der Waals surface area contributed by atoms with Crippen molar-refractivity contribution in [3.63, 3.8) is 0 Å². The van der Waals surface area contributed by atoms with E-state index in [1.54, 1.807) is 18.2 Å². The maximum Gasteiger partial charge on any atom is 0.257 e. The van der Waals surface area contributed by atoms with Crippen LogP contribution in [0.3, 0.4) is 0 Å². The van der Waals surface area contributed by atoms with E-state index in [0.717, 1.165) is 38.5 Å². The zero-order valence-corrected chi connectivity index (χ0v) is 16.5. The first-order valence-corrected chi connectivity index (χ1v) is 9.35. The standard InChI is InChI=1S/C17H24Cl2N4O3/c1-22(2)14-4-3-12(21-17(25)15(18)19)11-13(14)16(24)20-5-6-23-7-9-26-10-8-23/h3-4,11,15H,5-10H2,1-2H3,(H,20,24)(H,21,25)/p+1. The Kier molecular flexibility index (Phi) is 7.96. The van der Waals surface area contributed by atoms with Crippen molar-refractivity contribution < 1.29 is 19.2 Å². The van der Waals surface area contributed by atoms with Gasteiger partial charge >= 0.3 is 0 Å². The van der Waals surface area contributed by atoms with Gasteiger partial charge in [0, 0.05) is 25.5 Å². The number of anilines is 2. The van der Waals surface area contributed by atoms with E-state index in [-0.39, 0.29) is 5.91 Å². The van der Waals surface area contributed by atoms with Crippen LogP contribution in [0.15, 0.2) is 18.2 Å².